The molecule has 1 atom stereocenters. The van der Waals surface area contributed by atoms with Gasteiger partial charge in [-0.25, -0.2) is 0 Å². The van der Waals surface area contributed by atoms with Gasteiger partial charge in [-0.3, -0.25) is 9.67 Å². The van der Waals surface area contributed by atoms with E-state index in [1.165, 1.54) is 5.56 Å². The zero-order chi connectivity index (χ0) is 14.8. The lowest BCUT2D eigenvalue weighted by Gasteiger charge is -2.16. The number of methoxy groups -OCH3 is 1. The van der Waals surface area contributed by atoms with Gasteiger partial charge in [-0.2, -0.15) is 5.10 Å². The highest BCUT2D eigenvalue weighted by Gasteiger charge is 2.03. The van der Waals surface area contributed by atoms with E-state index in [2.05, 4.69) is 34.6 Å². The van der Waals surface area contributed by atoms with E-state index in [1.807, 2.05) is 24.0 Å². The van der Waals surface area contributed by atoms with Crippen LogP contribution in [0.3, 0.4) is 0 Å². The summed E-state index contributed by atoms with van der Waals surface area (Å²) in [6.07, 6.45) is 4.89. The fourth-order valence-electron chi connectivity index (χ4n) is 1.86. The van der Waals surface area contributed by atoms with Gasteiger partial charge in [0.25, 0.3) is 0 Å². The lowest BCUT2D eigenvalue weighted by molar-refractivity contribution is 0.179. The fraction of sp³-hybridized carbons (Fsp3) is 0.714. The molecule has 0 aliphatic carbocycles. The Kier molecular flexibility index (Phi) is 11.3. The van der Waals surface area contributed by atoms with E-state index in [0.29, 0.717) is 6.61 Å². The third-order valence-corrected chi connectivity index (χ3v) is 2.72. The second-order valence-corrected chi connectivity index (χ2v) is 4.90. The number of aryl methyl sites for hydroxylation is 2. The van der Waals surface area contributed by atoms with Gasteiger partial charge in [0.15, 0.2) is 5.96 Å². The predicted octanol–water partition coefficient (Wildman–Crippen LogP) is 1.79. The summed E-state index contributed by atoms with van der Waals surface area (Å²) < 4.78 is 7.07. The molecule has 0 aromatic carbocycles. The van der Waals surface area contributed by atoms with E-state index in [9.17, 15) is 0 Å². The minimum absolute atomic E-state index is 0. The van der Waals surface area contributed by atoms with Crippen molar-refractivity contribution in [3.8, 4) is 0 Å². The fourth-order valence-corrected chi connectivity index (χ4v) is 1.86. The normalized spacial score (nSPS) is 12.7. The summed E-state index contributed by atoms with van der Waals surface area (Å²) in [5.41, 5.74) is 1.19. The molecule has 0 aliphatic rings. The molecule has 2 N–H and O–H groups in total. The summed E-state index contributed by atoms with van der Waals surface area (Å²) >= 11 is 0. The minimum Gasteiger partial charge on any atom is -0.383 e. The van der Waals surface area contributed by atoms with Crippen LogP contribution in [0.4, 0.5) is 0 Å². The highest BCUT2D eigenvalue weighted by atomic mass is 127. The lowest BCUT2D eigenvalue weighted by atomic mass is 10.4. The topological polar surface area (TPSA) is 63.5 Å². The molecule has 0 fully saturated rings. The van der Waals surface area contributed by atoms with Crippen LogP contribution < -0.4 is 10.6 Å². The molecule has 0 radical (unpaired) electrons. The van der Waals surface area contributed by atoms with E-state index in [4.69, 9.17) is 4.74 Å². The average molecular weight is 409 g/mol. The van der Waals surface area contributed by atoms with Crippen LogP contribution in [0, 0.1) is 6.92 Å². The van der Waals surface area contributed by atoms with Crippen LogP contribution >= 0.6 is 24.0 Å². The zero-order valence-electron chi connectivity index (χ0n) is 13.4. The maximum absolute atomic E-state index is 5.11. The van der Waals surface area contributed by atoms with Crippen LogP contribution in [-0.4, -0.2) is 48.6 Å². The number of aromatic nitrogens is 2. The molecule has 122 valence electrons. The van der Waals surface area contributed by atoms with Gasteiger partial charge in [-0.15, -0.1) is 24.0 Å². The molecule has 21 heavy (non-hydrogen) atoms. The monoisotopic (exact) mass is 409 g/mol. The molecule has 1 heterocycles. The summed E-state index contributed by atoms with van der Waals surface area (Å²) in [7, 11) is 1.70. The standard InChI is InChI=1S/C14H27N5O.HI/c1-5-15-14(18-13(3)11-20-4)16-7-6-8-19-10-12(2)9-17-19;/h9-10,13H,5-8,11H2,1-4H3,(H2,15,16,18);1H. The van der Waals surface area contributed by atoms with Gasteiger partial charge in [0, 0.05) is 39.0 Å². The van der Waals surface area contributed by atoms with Gasteiger partial charge >= 0.3 is 0 Å². The highest BCUT2D eigenvalue weighted by molar-refractivity contribution is 14.0. The van der Waals surface area contributed by atoms with E-state index in [-0.39, 0.29) is 30.0 Å². The molecule has 1 rings (SSSR count). The quantitative estimate of drug-likeness (QED) is 0.298. The summed E-state index contributed by atoms with van der Waals surface area (Å²) in [5.74, 6) is 0.841. The molecule has 1 aromatic rings. The minimum atomic E-state index is 0. The number of nitrogens with one attached hydrogen (secondary N) is 2. The summed E-state index contributed by atoms with van der Waals surface area (Å²) in [5, 5.41) is 10.8. The first-order chi connectivity index (χ1) is 9.65. The average Bonchev–Trinajstić information content (AvgIpc) is 2.81. The Bertz CT molecular complexity index is 408. The second kappa shape index (κ2) is 11.8. The van der Waals surface area contributed by atoms with E-state index >= 15 is 0 Å². The van der Waals surface area contributed by atoms with Gasteiger partial charge in [-0.1, -0.05) is 0 Å². The van der Waals surface area contributed by atoms with Crippen LogP contribution in [0.1, 0.15) is 25.8 Å². The molecular formula is C14H28IN5O. The van der Waals surface area contributed by atoms with Crippen molar-refractivity contribution in [2.24, 2.45) is 4.99 Å². The van der Waals surface area contributed by atoms with Gasteiger partial charge in [-0.05, 0) is 32.8 Å². The van der Waals surface area contributed by atoms with Crippen molar-refractivity contribution in [1.29, 1.82) is 0 Å². The number of nitrogens with zero attached hydrogens (tertiary/aromatic N) is 3. The SMILES string of the molecule is CCNC(=NCCCn1cc(C)cn1)NC(C)COC.I. The molecule has 0 spiro atoms. The molecule has 1 aromatic heterocycles. The summed E-state index contributed by atoms with van der Waals surface area (Å²) in [4.78, 5) is 4.56. The zero-order valence-corrected chi connectivity index (χ0v) is 15.8. The largest absolute Gasteiger partial charge is 0.383 e. The number of guanidine groups is 1. The Hall–Kier alpha value is -0.830. The van der Waals surface area contributed by atoms with Crippen molar-refractivity contribution in [1.82, 2.24) is 20.4 Å². The van der Waals surface area contributed by atoms with Gasteiger partial charge in [0.1, 0.15) is 0 Å². The van der Waals surface area contributed by atoms with Crippen molar-refractivity contribution in [2.45, 2.75) is 39.8 Å². The van der Waals surface area contributed by atoms with E-state index in [1.54, 1.807) is 7.11 Å². The Balaban J connectivity index is 0.00000400. The molecule has 6 nitrogen and oxygen atoms in total. The first-order valence-electron chi connectivity index (χ1n) is 7.18. The molecule has 0 saturated carbocycles. The van der Waals surface area contributed by atoms with Crippen LogP contribution in [0.25, 0.3) is 0 Å². The van der Waals surface area contributed by atoms with Gasteiger partial charge < -0.3 is 15.4 Å². The number of aliphatic imine (C=N–C) groups is 1. The number of halogens is 1. The Labute approximate surface area is 144 Å². The molecule has 0 aliphatic heterocycles. The Morgan fingerprint density at radius 2 is 2.29 bits per heavy atom. The number of rotatable bonds is 8. The number of ether oxygens (including phenoxy) is 1. The molecular weight excluding hydrogens is 381 g/mol. The first kappa shape index (κ1) is 20.2. The number of hydrogen-bond donors (Lipinski definition) is 2. The summed E-state index contributed by atoms with van der Waals surface area (Å²) in [6.45, 7) is 9.36. The van der Waals surface area contributed by atoms with Crippen molar-refractivity contribution in [2.75, 3.05) is 26.8 Å². The van der Waals surface area contributed by atoms with Crippen LogP contribution in [-0.2, 0) is 11.3 Å². The number of hydrogen-bond acceptors (Lipinski definition) is 3. The Morgan fingerprint density at radius 1 is 1.52 bits per heavy atom. The summed E-state index contributed by atoms with van der Waals surface area (Å²) in [6, 6.07) is 0.242. The van der Waals surface area contributed by atoms with Crippen molar-refractivity contribution < 1.29 is 4.74 Å². The third-order valence-electron chi connectivity index (χ3n) is 2.72. The van der Waals surface area contributed by atoms with E-state index < -0.39 is 0 Å². The maximum atomic E-state index is 5.11. The predicted molar refractivity (Wildman–Crippen MR) is 97.4 cm³/mol. The van der Waals surface area contributed by atoms with Crippen molar-refractivity contribution in [3.63, 3.8) is 0 Å². The second-order valence-electron chi connectivity index (χ2n) is 4.90. The third kappa shape index (κ3) is 8.92. The maximum Gasteiger partial charge on any atom is 0.191 e. The lowest BCUT2D eigenvalue weighted by Crippen LogP contribution is -2.44. The molecule has 0 amide bonds. The highest BCUT2D eigenvalue weighted by Crippen LogP contribution is 1.96. The van der Waals surface area contributed by atoms with E-state index in [0.717, 1.165) is 32.0 Å². The van der Waals surface area contributed by atoms with Crippen LogP contribution in [0.15, 0.2) is 17.4 Å². The van der Waals surface area contributed by atoms with Crippen LogP contribution in [0.2, 0.25) is 0 Å². The Morgan fingerprint density at radius 3 is 2.86 bits per heavy atom. The van der Waals surface area contributed by atoms with Gasteiger partial charge in [0.05, 0.1) is 12.8 Å². The molecule has 0 saturated heterocycles. The smallest absolute Gasteiger partial charge is 0.191 e. The van der Waals surface area contributed by atoms with Crippen molar-refractivity contribution >= 4 is 29.9 Å². The first-order valence-corrected chi connectivity index (χ1v) is 7.18. The molecule has 1 unspecified atom stereocenters. The molecule has 7 heteroatoms. The molecule has 0 bridgehead atoms. The van der Waals surface area contributed by atoms with Gasteiger partial charge in [0.2, 0.25) is 0 Å². The van der Waals surface area contributed by atoms with Crippen LogP contribution in [0.5, 0.6) is 0 Å². The van der Waals surface area contributed by atoms with Crippen molar-refractivity contribution in [3.05, 3.63) is 18.0 Å².